The SMILES string of the molecule is CN=C(NCc1cn2ccc(C)cc2n1)N1CCC(Oc2ccccc2)CC1.I. The van der Waals surface area contributed by atoms with E-state index in [-0.39, 0.29) is 30.1 Å². The molecule has 7 heteroatoms. The maximum atomic E-state index is 6.09. The van der Waals surface area contributed by atoms with Gasteiger partial charge < -0.3 is 19.4 Å². The van der Waals surface area contributed by atoms with Gasteiger partial charge in [0.25, 0.3) is 0 Å². The van der Waals surface area contributed by atoms with Crippen LogP contribution in [0.5, 0.6) is 5.75 Å². The Balaban J connectivity index is 0.00000240. The molecule has 1 saturated heterocycles. The molecular formula is C22H28IN5O. The van der Waals surface area contributed by atoms with E-state index in [1.165, 1.54) is 5.56 Å². The Labute approximate surface area is 189 Å². The average molecular weight is 505 g/mol. The molecule has 1 aliphatic rings. The van der Waals surface area contributed by atoms with Crippen LogP contribution >= 0.6 is 24.0 Å². The summed E-state index contributed by atoms with van der Waals surface area (Å²) in [4.78, 5) is 11.4. The summed E-state index contributed by atoms with van der Waals surface area (Å²) in [5.41, 5.74) is 3.20. The number of pyridine rings is 1. The van der Waals surface area contributed by atoms with E-state index in [9.17, 15) is 0 Å². The summed E-state index contributed by atoms with van der Waals surface area (Å²) in [7, 11) is 1.84. The Morgan fingerprint density at radius 2 is 1.97 bits per heavy atom. The third-order valence-corrected chi connectivity index (χ3v) is 5.09. The van der Waals surface area contributed by atoms with Gasteiger partial charge in [0, 0.05) is 45.4 Å². The van der Waals surface area contributed by atoms with Crippen LogP contribution in [0.3, 0.4) is 0 Å². The number of benzene rings is 1. The summed E-state index contributed by atoms with van der Waals surface area (Å²) in [5.74, 6) is 1.87. The lowest BCUT2D eigenvalue weighted by Gasteiger charge is -2.34. The summed E-state index contributed by atoms with van der Waals surface area (Å²) >= 11 is 0. The highest BCUT2D eigenvalue weighted by Gasteiger charge is 2.22. The average Bonchev–Trinajstić information content (AvgIpc) is 3.12. The molecule has 0 aliphatic carbocycles. The zero-order valence-electron chi connectivity index (χ0n) is 16.9. The van der Waals surface area contributed by atoms with Crippen molar-refractivity contribution in [3.8, 4) is 5.75 Å². The standard InChI is InChI=1S/C22H27N5O.HI/c1-17-8-11-27-16-18(25-21(27)14-17)15-24-22(23-2)26-12-9-20(10-13-26)28-19-6-4-3-5-7-19;/h3-8,11,14,16,20H,9-10,12-13,15H2,1-2H3,(H,23,24);1H. The molecule has 0 radical (unpaired) electrons. The molecule has 1 aromatic carbocycles. The summed E-state index contributed by atoms with van der Waals surface area (Å²) in [6.45, 7) is 4.61. The molecule has 0 saturated carbocycles. The highest BCUT2D eigenvalue weighted by atomic mass is 127. The Morgan fingerprint density at radius 3 is 2.69 bits per heavy atom. The Morgan fingerprint density at radius 1 is 1.21 bits per heavy atom. The summed E-state index contributed by atoms with van der Waals surface area (Å²) in [6.07, 6.45) is 6.35. The zero-order valence-corrected chi connectivity index (χ0v) is 19.2. The van der Waals surface area contributed by atoms with E-state index in [2.05, 4.69) is 44.9 Å². The second-order valence-electron chi connectivity index (χ2n) is 7.22. The van der Waals surface area contributed by atoms with Gasteiger partial charge >= 0.3 is 0 Å². The van der Waals surface area contributed by atoms with Gasteiger partial charge in [-0.1, -0.05) is 18.2 Å². The number of piperidine rings is 1. The van der Waals surface area contributed by atoms with Crippen molar-refractivity contribution in [2.24, 2.45) is 4.99 Å². The number of hydrogen-bond donors (Lipinski definition) is 1. The van der Waals surface area contributed by atoms with E-state index in [1.54, 1.807) is 0 Å². The van der Waals surface area contributed by atoms with Crippen LogP contribution in [0.1, 0.15) is 24.1 Å². The van der Waals surface area contributed by atoms with E-state index < -0.39 is 0 Å². The highest BCUT2D eigenvalue weighted by Crippen LogP contribution is 2.18. The van der Waals surface area contributed by atoms with E-state index >= 15 is 0 Å². The van der Waals surface area contributed by atoms with Gasteiger partial charge in [-0.3, -0.25) is 4.99 Å². The minimum absolute atomic E-state index is 0. The Hall–Kier alpha value is -2.29. The number of aliphatic imine (C=N–C) groups is 1. The molecule has 1 aliphatic heterocycles. The molecule has 3 heterocycles. The number of halogens is 1. The molecule has 4 rings (SSSR count). The monoisotopic (exact) mass is 505 g/mol. The summed E-state index contributed by atoms with van der Waals surface area (Å²) in [5, 5.41) is 3.45. The highest BCUT2D eigenvalue weighted by molar-refractivity contribution is 14.0. The second-order valence-corrected chi connectivity index (χ2v) is 7.22. The zero-order chi connectivity index (χ0) is 19.3. The Bertz CT molecular complexity index is 948. The normalized spacial score (nSPS) is 15.2. The first kappa shape index (κ1) is 21.4. The van der Waals surface area contributed by atoms with Crippen LogP contribution in [0.2, 0.25) is 0 Å². The lowest BCUT2D eigenvalue weighted by molar-refractivity contribution is 0.129. The first-order valence-corrected chi connectivity index (χ1v) is 9.83. The smallest absolute Gasteiger partial charge is 0.193 e. The quantitative estimate of drug-likeness (QED) is 0.332. The van der Waals surface area contributed by atoms with Crippen molar-refractivity contribution >= 4 is 35.6 Å². The third kappa shape index (κ3) is 5.41. The first-order valence-electron chi connectivity index (χ1n) is 9.83. The molecule has 2 aromatic heterocycles. The van der Waals surface area contributed by atoms with E-state index in [0.29, 0.717) is 6.54 Å². The number of likely N-dealkylation sites (tertiary alicyclic amines) is 1. The molecule has 29 heavy (non-hydrogen) atoms. The van der Waals surface area contributed by atoms with Crippen molar-refractivity contribution in [1.82, 2.24) is 19.6 Å². The first-order chi connectivity index (χ1) is 13.7. The van der Waals surface area contributed by atoms with Crippen molar-refractivity contribution in [1.29, 1.82) is 0 Å². The van der Waals surface area contributed by atoms with Gasteiger partial charge in [0.15, 0.2) is 5.96 Å². The number of imidazole rings is 1. The van der Waals surface area contributed by atoms with E-state index in [4.69, 9.17) is 9.72 Å². The molecule has 0 atom stereocenters. The molecule has 154 valence electrons. The van der Waals surface area contributed by atoms with Gasteiger partial charge in [-0.15, -0.1) is 24.0 Å². The van der Waals surface area contributed by atoms with Gasteiger partial charge in [0.2, 0.25) is 0 Å². The largest absolute Gasteiger partial charge is 0.490 e. The summed E-state index contributed by atoms with van der Waals surface area (Å²) in [6, 6.07) is 14.2. The number of aromatic nitrogens is 2. The number of nitrogens with one attached hydrogen (secondary N) is 1. The van der Waals surface area contributed by atoms with Crippen LogP contribution in [0, 0.1) is 6.92 Å². The van der Waals surface area contributed by atoms with Crippen molar-refractivity contribution in [2.45, 2.75) is 32.4 Å². The van der Waals surface area contributed by atoms with Crippen LogP contribution in [-0.4, -0.2) is 46.5 Å². The van der Waals surface area contributed by atoms with Gasteiger partial charge in [-0.05, 0) is 36.8 Å². The summed E-state index contributed by atoms with van der Waals surface area (Å²) < 4.78 is 8.14. The van der Waals surface area contributed by atoms with Gasteiger partial charge in [-0.2, -0.15) is 0 Å². The molecule has 6 nitrogen and oxygen atoms in total. The number of ether oxygens (including phenoxy) is 1. The maximum absolute atomic E-state index is 6.09. The molecule has 0 spiro atoms. The molecule has 0 unspecified atom stereocenters. The Kier molecular flexibility index (Phi) is 7.35. The molecule has 0 amide bonds. The van der Waals surface area contributed by atoms with Gasteiger partial charge in [0.05, 0.1) is 12.2 Å². The van der Waals surface area contributed by atoms with Crippen molar-refractivity contribution in [2.75, 3.05) is 20.1 Å². The molecule has 1 N–H and O–H groups in total. The third-order valence-electron chi connectivity index (χ3n) is 5.09. The molecule has 3 aromatic rings. The van der Waals surface area contributed by atoms with Crippen LogP contribution < -0.4 is 10.1 Å². The maximum Gasteiger partial charge on any atom is 0.193 e. The fraction of sp³-hybridized carbons (Fsp3) is 0.364. The van der Waals surface area contributed by atoms with Crippen LogP contribution in [-0.2, 0) is 6.54 Å². The van der Waals surface area contributed by atoms with Gasteiger partial charge in [0.1, 0.15) is 17.5 Å². The number of fused-ring (bicyclic) bond motifs is 1. The number of rotatable bonds is 4. The minimum Gasteiger partial charge on any atom is -0.490 e. The lowest BCUT2D eigenvalue weighted by atomic mass is 10.1. The number of hydrogen-bond acceptors (Lipinski definition) is 3. The van der Waals surface area contributed by atoms with E-state index in [0.717, 1.165) is 49.0 Å². The van der Waals surface area contributed by atoms with Crippen molar-refractivity contribution < 1.29 is 4.74 Å². The van der Waals surface area contributed by atoms with Crippen molar-refractivity contribution in [3.63, 3.8) is 0 Å². The fourth-order valence-electron chi connectivity index (χ4n) is 3.60. The van der Waals surface area contributed by atoms with E-state index in [1.807, 2.05) is 43.6 Å². The van der Waals surface area contributed by atoms with Crippen LogP contribution in [0.25, 0.3) is 5.65 Å². The number of guanidine groups is 1. The van der Waals surface area contributed by atoms with Crippen LogP contribution in [0.15, 0.2) is 59.9 Å². The fourth-order valence-corrected chi connectivity index (χ4v) is 3.60. The van der Waals surface area contributed by atoms with Crippen LogP contribution in [0.4, 0.5) is 0 Å². The van der Waals surface area contributed by atoms with Crippen molar-refractivity contribution in [3.05, 3.63) is 66.1 Å². The molecular weight excluding hydrogens is 477 g/mol. The topological polar surface area (TPSA) is 54.2 Å². The predicted molar refractivity (Wildman–Crippen MR) is 127 cm³/mol. The predicted octanol–water partition coefficient (Wildman–Crippen LogP) is 3.88. The lowest BCUT2D eigenvalue weighted by Crippen LogP contribution is -2.47. The number of aryl methyl sites for hydroxylation is 1. The van der Waals surface area contributed by atoms with Gasteiger partial charge in [-0.25, -0.2) is 4.98 Å². The number of nitrogens with zero attached hydrogens (tertiary/aromatic N) is 4. The second kappa shape index (κ2) is 9.96. The molecule has 1 fully saturated rings. The number of para-hydroxylation sites is 1. The molecule has 0 bridgehead atoms. The minimum atomic E-state index is 0.